The van der Waals surface area contributed by atoms with Gasteiger partial charge in [-0.3, -0.25) is 10.4 Å². The topological polar surface area (TPSA) is 55.2 Å². The van der Waals surface area contributed by atoms with E-state index in [2.05, 4.69) is 15.5 Å². The van der Waals surface area contributed by atoms with Gasteiger partial charge in [0.1, 0.15) is 5.75 Å². The predicted octanol–water partition coefficient (Wildman–Crippen LogP) is 2.27. The molecule has 0 bridgehead atoms. The van der Waals surface area contributed by atoms with Crippen LogP contribution in [0.15, 0.2) is 34.4 Å². The number of benzene rings is 1. The summed E-state index contributed by atoms with van der Waals surface area (Å²) in [5.41, 5.74) is 5.04. The molecule has 0 aliphatic carbocycles. The molecule has 1 aromatic rings. The molecule has 2 aliphatic rings. The number of hydrogen-bond donors (Lipinski definition) is 1. The van der Waals surface area contributed by atoms with Gasteiger partial charge in [0.25, 0.3) is 0 Å². The first-order valence-electron chi connectivity index (χ1n) is 7.11. The lowest BCUT2D eigenvalue weighted by atomic mass is 10.1. The van der Waals surface area contributed by atoms with Crippen LogP contribution in [0.5, 0.6) is 5.75 Å². The normalized spacial score (nSPS) is 23.8. The van der Waals surface area contributed by atoms with Crippen LogP contribution < -0.4 is 10.2 Å². The maximum atomic E-state index is 5.57. The molecule has 1 saturated heterocycles. The maximum Gasteiger partial charge on any atom is 0.177 e. The van der Waals surface area contributed by atoms with Gasteiger partial charge in [0.2, 0.25) is 0 Å². The second-order valence-electron chi connectivity index (χ2n) is 4.94. The first-order chi connectivity index (χ1) is 10.4. The number of amidine groups is 1. The van der Waals surface area contributed by atoms with Crippen molar-refractivity contribution in [1.29, 1.82) is 0 Å². The SMILES string of the molecule is COc1ccccc1C1=NNC(=NCC2CCCO2)SC1. The van der Waals surface area contributed by atoms with Crippen LogP contribution in [-0.2, 0) is 4.74 Å². The summed E-state index contributed by atoms with van der Waals surface area (Å²) in [4.78, 5) is 4.54. The van der Waals surface area contributed by atoms with Gasteiger partial charge in [-0.25, -0.2) is 0 Å². The van der Waals surface area contributed by atoms with Crippen LogP contribution in [0.2, 0.25) is 0 Å². The molecule has 0 radical (unpaired) electrons. The van der Waals surface area contributed by atoms with Gasteiger partial charge in [0, 0.05) is 17.9 Å². The first-order valence-corrected chi connectivity index (χ1v) is 8.10. The van der Waals surface area contributed by atoms with Crippen molar-refractivity contribution in [3.05, 3.63) is 29.8 Å². The summed E-state index contributed by atoms with van der Waals surface area (Å²) in [5, 5.41) is 5.29. The van der Waals surface area contributed by atoms with Crippen LogP contribution in [0.4, 0.5) is 0 Å². The molecule has 0 spiro atoms. The molecule has 6 heteroatoms. The monoisotopic (exact) mass is 305 g/mol. The summed E-state index contributed by atoms with van der Waals surface area (Å²) in [7, 11) is 1.68. The van der Waals surface area contributed by atoms with Gasteiger partial charge in [-0.2, -0.15) is 5.10 Å². The van der Waals surface area contributed by atoms with Gasteiger partial charge < -0.3 is 9.47 Å². The molecular weight excluding hydrogens is 286 g/mol. The molecule has 112 valence electrons. The van der Waals surface area contributed by atoms with Gasteiger partial charge >= 0.3 is 0 Å². The van der Waals surface area contributed by atoms with Gasteiger partial charge in [-0.15, -0.1) is 0 Å². The summed E-state index contributed by atoms with van der Waals surface area (Å²) in [6.07, 6.45) is 2.53. The predicted molar refractivity (Wildman–Crippen MR) is 86.4 cm³/mol. The molecule has 2 aliphatic heterocycles. The minimum absolute atomic E-state index is 0.277. The lowest BCUT2D eigenvalue weighted by Crippen LogP contribution is -2.26. The average Bonchev–Trinajstić information content (AvgIpc) is 3.07. The standard InChI is InChI=1S/C15H19N3O2S/c1-19-14-7-3-2-6-12(14)13-10-21-15(18-17-13)16-9-11-5-4-8-20-11/h2-3,6-7,11H,4-5,8-10H2,1H3,(H,16,18). The molecular formula is C15H19N3O2S. The van der Waals surface area contributed by atoms with Gasteiger partial charge in [-0.05, 0) is 25.0 Å². The number of nitrogens with one attached hydrogen (secondary N) is 1. The zero-order valence-electron chi connectivity index (χ0n) is 12.0. The van der Waals surface area contributed by atoms with E-state index in [1.165, 1.54) is 0 Å². The Bertz CT molecular complexity index is 554. The third-order valence-corrected chi connectivity index (χ3v) is 4.42. The van der Waals surface area contributed by atoms with Crippen LogP contribution >= 0.6 is 11.8 Å². The summed E-state index contributed by atoms with van der Waals surface area (Å²) in [6.45, 7) is 1.58. The Morgan fingerprint density at radius 1 is 1.48 bits per heavy atom. The molecule has 5 nitrogen and oxygen atoms in total. The Labute approximate surface area is 128 Å². The van der Waals surface area contributed by atoms with E-state index in [0.29, 0.717) is 0 Å². The van der Waals surface area contributed by atoms with Crippen molar-refractivity contribution in [3.63, 3.8) is 0 Å². The van der Waals surface area contributed by atoms with E-state index in [1.54, 1.807) is 18.9 Å². The van der Waals surface area contributed by atoms with E-state index in [4.69, 9.17) is 9.47 Å². The zero-order chi connectivity index (χ0) is 14.5. The van der Waals surface area contributed by atoms with Gasteiger partial charge in [0.05, 0.1) is 25.5 Å². The number of ether oxygens (including phenoxy) is 2. The Hall–Kier alpha value is -1.53. The van der Waals surface area contributed by atoms with Crippen molar-refractivity contribution in [1.82, 2.24) is 5.43 Å². The number of para-hydroxylation sites is 1. The van der Waals surface area contributed by atoms with Crippen molar-refractivity contribution in [2.24, 2.45) is 10.1 Å². The summed E-state index contributed by atoms with van der Waals surface area (Å²) in [6, 6.07) is 7.92. The maximum absolute atomic E-state index is 5.57. The van der Waals surface area contributed by atoms with E-state index in [-0.39, 0.29) is 6.10 Å². The fourth-order valence-electron chi connectivity index (χ4n) is 2.39. The summed E-state index contributed by atoms with van der Waals surface area (Å²) >= 11 is 1.67. The molecule has 1 N–H and O–H groups in total. The number of aliphatic imine (C=N–C) groups is 1. The second-order valence-corrected chi connectivity index (χ2v) is 5.90. The molecule has 21 heavy (non-hydrogen) atoms. The third kappa shape index (κ3) is 3.57. The molecule has 0 amide bonds. The number of hydrazone groups is 1. The molecule has 0 aromatic heterocycles. The average molecular weight is 305 g/mol. The van der Waals surface area contributed by atoms with Crippen LogP contribution in [0, 0.1) is 0 Å². The molecule has 1 atom stereocenters. The fourth-order valence-corrected chi connectivity index (χ4v) is 3.16. The molecule has 2 heterocycles. The Morgan fingerprint density at radius 3 is 3.10 bits per heavy atom. The van der Waals surface area contributed by atoms with Crippen molar-refractivity contribution < 1.29 is 9.47 Å². The third-order valence-electron chi connectivity index (χ3n) is 3.51. The van der Waals surface area contributed by atoms with E-state index >= 15 is 0 Å². The molecule has 0 saturated carbocycles. The number of hydrogen-bond acceptors (Lipinski definition) is 5. The van der Waals surface area contributed by atoms with Crippen molar-refractivity contribution in [3.8, 4) is 5.75 Å². The molecule has 3 rings (SSSR count). The van der Waals surface area contributed by atoms with E-state index < -0.39 is 0 Å². The minimum Gasteiger partial charge on any atom is -0.496 e. The fraction of sp³-hybridized carbons (Fsp3) is 0.467. The second kappa shape index (κ2) is 6.95. The number of rotatable bonds is 4. The smallest absolute Gasteiger partial charge is 0.177 e. The number of thioether (sulfide) groups is 1. The molecule has 1 aromatic carbocycles. The van der Waals surface area contributed by atoms with Crippen LogP contribution in [-0.4, -0.2) is 43.0 Å². The zero-order valence-corrected chi connectivity index (χ0v) is 12.9. The highest BCUT2D eigenvalue weighted by atomic mass is 32.2. The van der Waals surface area contributed by atoms with Crippen LogP contribution in [0.3, 0.4) is 0 Å². The van der Waals surface area contributed by atoms with Gasteiger partial charge in [-0.1, -0.05) is 23.9 Å². The van der Waals surface area contributed by atoms with E-state index in [9.17, 15) is 0 Å². The highest BCUT2D eigenvalue weighted by Crippen LogP contribution is 2.22. The minimum atomic E-state index is 0.277. The van der Waals surface area contributed by atoms with E-state index in [0.717, 1.165) is 53.9 Å². The van der Waals surface area contributed by atoms with E-state index in [1.807, 2.05) is 24.3 Å². The summed E-state index contributed by atoms with van der Waals surface area (Å²) < 4.78 is 10.9. The van der Waals surface area contributed by atoms with Crippen molar-refractivity contribution in [2.75, 3.05) is 26.0 Å². The van der Waals surface area contributed by atoms with Crippen molar-refractivity contribution >= 4 is 22.6 Å². The first kappa shape index (κ1) is 14.4. The Morgan fingerprint density at radius 2 is 2.38 bits per heavy atom. The van der Waals surface area contributed by atoms with Gasteiger partial charge in [0.15, 0.2) is 5.17 Å². The Kier molecular flexibility index (Phi) is 4.77. The summed E-state index contributed by atoms with van der Waals surface area (Å²) in [5.74, 6) is 1.64. The van der Waals surface area contributed by atoms with Crippen molar-refractivity contribution in [2.45, 2.75) is 18.9 Å². The van der Waals surface area contributed by atoms with Crippen LogP contribution in [0.25, 0.3) is 0 Å². The lowest BCUT2D eigenvalue weighted by molar-refractivity contribution is 0.118. The largest absolute Gasteiger partial charge is 0.496 e. The molecule has 1 fully saturated rings. The lowest BCUT2D eigenvalue weighted by Gasteiger charge is -2.17. The Balaban J connectivity index is 1.64. The molecule has 1 unspecified atom stereocenters. The quantitative estimate of drug-likeness (QED) is 0.927. The highest BCUT2D eigenvalue weighted by Gasteiger charge is 2.18. The highest BCUT2D eigenvalue weighted by molar-refractivity contribution is 8.14. The number of nitrogens with zero attached hydrogens (tertiary/aromatic N) is 2. The van der Waals surface area contributed by atoms with Crippen LogP contribution in [0.1, 0.15) is 18.4 Å². The number of methoxy groups -OCH3 is 1.